The van der Waals surface area contributed by atoms with E-state index in [-0.39, 0.29) is 5.91 Å². The van der Waals surface area contributed by atoms with E-state index in [0.29, 0.717) is 17.8 Å². The third-order valence-electron chi connectivity index (χ3n) is 3.99. The first-order valence-corrected chi connectivity index (χ1v) is 7.61. The Morgan fingerprint density at radius 2 is 2.00 bits per heavy atom. The second kappa shape index (κ2) is 7.43. The second-order valence-electron chi connectivity index (χ2n) is 5.85. The lowest BCUT2D eigenvalue weighted by molar-refractivity contribution is 0.0950. The molecule has 1 aliphatic rings. The summed E-state index contributed by atoms with van der Waals surface area (Å²) in [6.45, 7) is 8.20. The van der Waals surface area contributed by atoms with Gasteiger partial charge in [0.2, 0.25) is 0 Å². The van der Waals surface area contributed by atoms with Gasteiger partial charge in [-0.25, -0.2) is 0 Å². The minimum Gasteiger partial charge on any atom is -0.398 e. The van der Waals surface area contributed by atoms with E-state index in [9.17, 15) is 4.79 Å². The monoisotopic (exact) mass is 290 g/mol. The Morgan fingerprint density at radius 3 is 2.71 bits per heavy atom. The largest absolute Gasteiger partial charge is 0.398 e. The third kappa shape index (κ3) is 4.72. The number of anilines is 1. The van der Waals surface area contributed by atoms with Gasteiger partial charge >= 0.3 is 0 Å². The highest BCUT2D eigenvalue weighted by molar-refractivity contribution is 5.99. The van der Waals surface area contributed by atoms with Crippen molar-refractivity contribution in [2.24, 2.45) is 0 Å². The van der Waals surface area contributed by atoms with E-state index < -0.39 is 0 Å². The Bertz CT molecular complexity index is 481. The van der Waals surface area contributed by atoms with Crippen molar-refractivity contribution in [3.8, 4) is 0 Å². The molecule has 1 aromatic rings. The number of hydrogen-bond donors (Lipinski definition) is 2. The highest BCUT2D eigenvalue weighted by Gasteiger charge is 2.13. The van der Waals surface area contributed by atoms with E-state index in [2.05, 4.69) is 22.2 Å². The Morgan fingerprint density at radius 1 is 1.29 bits per heavy atom. The molecule has 116 valence electrons. The zero-order chi connectivity index (χ0) is 15.2. The number of nitrogens with zero attached hydrogens (tertiary/aromatic N) is 2. The topological polar surface area (TPSA) is 61.6 Å². The summed E-state index contributed by atoms with van der Waals surface area (Å²) in [7, 11) is 2.16. The maximum atomic E-state index is 12.1. The van der Waals surface area contributed by atoms with Gasteiger partial charge in [0.05, 0.1) is 5.56 Å². The minimum absolute atomic E-state index is 0.0745. The molecule has 1 fully saturated rings. The van der Waals surface area contributed by atoms with Crippen molar-refractivity contribution >= 4 is 11.6 Å². The van der Waals surface area contributed by atoms with E-state index in [1.165, 1.54) is 0 Å². The van der Waals surface area contributed by atoms with E-state index >= 15 is 0 Å². The van der Waals surface area contributed by atoms with Crippen molar-refractivity contribution in [3.05, 3.63) is 29.3 Å². The van der Waals surface area contributed by atoms with Gasteiger partial charge in [0.15, 0.2) is 0 Å². The lowest BCUT2D eigenvalue weighted by atomic mass is 10.1. The lowest BCUT2D eigenvalue weighted by Gasteiger charge is -2.32. The van der Waals surface area contributed by atoms with Gasteiger partial charge in [-0.2, -0.15) is 0 Å². The van der Waals surface area contributed by atoms with Crippen LogP contribution in [-0.2, 0) is 0 Å². The number of nitrogens with one attached hydrogen (secondary N) is 1. The average Bonchev–Trinajstić information content (AvgIpc) is 2.47. The first kappa shape index (κ1) is 15.8. The van der Waals surface area contributed by atoms with Crippen molar-refractivity contribution in [1.29, 1.82) is 0 Å². The first-order valence-electron chi connectivity index (χ1n) is 7.61. The number of carbonyl (C=O) groups excluding carboxylic acids is 1. The highest BCUT2D eigenvalue weighted by Crippen LogP contribution is 2.13. The quantitative estimate of drug-likeness (QED) is 0.626. The van der Waals surface area contributed by atoms with Gasteiger partial charge in [-0.05, 0) is 39.1 Å². The lowest BCUT2D eigenvalue weighted by Crippen LogP contribution is -2.45. The predicted octanol–water partition coefficient (Wildman–Crippen LogP) is 0.945. The average molecular weight is 290 g/mol. The summed E-state index contributed by atoms with van der Waals surface area (Å²) in [6.07, 6.45) is 0.973. The number of rotatable bonds is 5. The normalized spacial score (nSPS) is 16.9. The minimum atomic E-state index is -0.0745. The molecule has 0 spiro atoms. The summed E-state index contributed by atoms with van der Waals surface area (Å²) in [5.74, 6) is -0.0745. The van der Waals surface area contributed by atoms with Gasteiger partial charge in [-0.15, -0.1) is 0 Å². The molecule has 0 aromatic heterocycles. The van der Waals surface area contributed by atoms with Crippen LogP contribution in [0.1, 0.15) is 22.3 Å². The van der Waals surface area contributed by atoms with Gasteiger partial charge in [0.1, 0.15) is 0 Å². The molecule has 0 radical (unpaired) electrons. The number of nitrogens with two attached hydrogens (primary N) is 1. The van der Waals surface area contributed by atoms with E-state index in [1.54, 1.807) is 6.07 Å². The van der Waals surface area contributed by atoms with E-state index in [1.807, 2.05) is 19.1 Å². The molecular formula is C16H26N4O. The molecule has 1 saturated heterocycles. The summed E-state index contributed by atoms with van der Waals surface area (Å²) in [5.41, 5.74) is 8.02. The SMILES string of the molecule is Cc1ccc(N)c(C(=O)NCCCN2CCN(C)CC2)c1. The van der Waals surface area contributed by atoms with Gasteiger partial charge in [-0.1, -0.05) is 11.6 Å². The molecule has 1 aliphatic heterocycles. The zero-order valence-corrected chi connectivity index (χ0v) is 13.1. The summed E-state index contributed by atoms with van der Waals surface area (Å²) >= 11 is 0. The second-order valence-corrected chi connectivity index (χ2v) is 5.85. The molecule has 0 aliphatic carbocycles. The van der Waals surface area contributed by atoms with Crippen LogP contribution in [0.15, 0.2) is 18.2 Å². The highest BCUT2D eigenvalue weighted by atomic mass is 16.1. The number of piperazine rings is 1. The molecule has 3 N–H and O–H groups in total. The van der Waals surface area contributed by atoms with Crippen molar-refractivity contribution < 1.29 is 4.79 Å². The van der Waals surface area contributed by atoms with Crippen LogP contribution >= 0.6 is 0 Å². The maximum Gasteiger partial charge on any atom is 0.253 e. The van der Waals surface area contributed by atoms with Crippen LogP contribution in [0.4, 0.5) is 5.69 Å². The number of hydrogen-bond acceptors (Lipinski definition) is 4. The molecule has 0 unspecified atom stereocenters. The number of nitrogen functional groups attached to an aromatic ring is 1. The molecule has 0 saturated carbocycles. The van der Waals surface area contributed by atoms with Crippen molar-refractivity contribution in [2.75, 3.05) is 52.0 Å². The number of benzene rings is 1. The van der Waals surface area contributed by atoms with Crippen LogP contribution in [0, 0.1) is 6.92 Å². The molecule has 5 heteroatoms. The maximum absolute atomic E-state index is 12.1. The van der Waals surface area contributed by atoms with Crippen LogP contribution in [-0.4, -0.2) is 62.0 Å². The van der Waals surface area contributed by atoms with E-state index in [0.717, 1.165) is 44.7 Å². The van der Waals surface area contributed by atoms with Crippen LogP contribution in [0.2, 0.25) is 0 Å². The molecule has 5 nitrogen and oxygen atoms in total. The Kier molecular flexibility index (Phi) is 5.59. The Balaban J connectivity index is 1.71. The Labute approximate surface area is 127 Å². The Hall–Kier alpha value is -1.59. The first-order chi connectivity index (χ1) is 10.1. The fourth-order valence-electron chi connectivity index (χ4n) is 2.54. The summed E-state index contributed by atoms with van der Waals surface area (Å²) < 4.78 is 0. The van der Waals surface area contributed by atoms with Crippen molar-refractivity contribution in [1.82, 2.24) is 15.1 Å². The standard InChI is InChI=1S/C16H26N4O/c1-13-4-5-15(17)14(12-13)16(21)18-6-3-7-20-10-8-19(2)9-11-20/h4-5,12H,3,6-11,17H2,1-2H3,(H,18,21). The molecule has 0 bridgehead atoms. The summed E-state index contributed by atoms with van der Waals surface area (Å²) in [4.78, 5) is 16.9. The molecule has 21 heavy (non-hydrogen) atoms. The smallest absolute Gasteiger partial charge is 0.253 e. The van der Waals surface area contributed by atoms with Crippen LogP contribution in [0.25, 0.3) is 0 Å². The van der Waals surface area contributed by atoms with Gasteiger partial charge < -0.3 is 20.9 Å². The van der Waals surface area contributed by atoms with Gasteiger partial charge in [0, 0.05) is 38.4 Å². The van der Waals surface area contributed by atoms with Gasteiger partial charge in [-0.3, -0.25) is 4.79 Å². The summed E-state index contributed by atoms with van der Waals surface area (Å²) in [5, 5.41) is 2.96. The fraction of sp³-hybridized carbons (Fsp3) is 0.562. The third-order valence-corrected chi connectivity index (χ3v) is 3.99. The summed E-state index contributed by atoms with van der Waals surface area (Å²) in [6, 6.07) is 5.54. The van der Waals surface area contributed by atoms with Crippen LogP contribution in [0.3, 0.4) is 0 Å². The molecule has 0 atom stereocenters. The predicted molar refractivity (Wildman–Crippen MR) is 86.5 cm³/mol. The van der Waals surface area contributed by atoms with Crippen molar-refractivity contribution in [2.45, 2.75) is 13.3 Å². The van der Waals surface area contributed by atoms with Crippen molar-refractivity contribution in [3.63, 3.8) is 0 Å². The molecule has 1 aromatic carbocycles. The molecule has 1 amide bonds. The number of aryl methyl sites for hydroxylation is 1. The van der Waals surface area contributed by atoms with E-state index in [4.69, 9.17) is 5.73 Å². The van der Waals surface area contributed by atoms with Crippen LogP contribution < -0.4 is 11.1 Å². The molecule has 1 heterocycles. The zero-order valence-electron chi connectivity index (χ0n) is 13.1. The molecule has 2 rings (SSSR count). The van der Waals surface area contributed by atoms with Crippen LogP contribution in [0.5, 0.6) is 0 Å². The number of amides is 1. The molecular weight excluding hydrogens is 264 g/mol. The number of likely N-dealkylation sites (N-methyl/N-ethyl adjacent to an activating group) is 1. The fourth-order valence-corrected chi connectivity index (χ4v) is 2.54. The van der Waals surface area contributed by atoms with Gasteiger partial charge in [0.25, 0.3) is 5.91 Å². The number of carbonyl (C=O) groups is 1.